The lowest BCUT2D eigenvalue weighted by Gasteiger charge is -2.10. The van der Waals surface area contributed by atoms with Crippen LogP contribution in [0.3, 0.4) is 0 Å². The Labute approximate surface area is 110 Å². The Bertz CT molecular complexity index is 632. The highest BCUT2D eigenvalue weighted by atomic mass is 35.5. The minimum atomic E-state index is 0.384. The van der Waals surface area contributed by atoms with Crippen LogP contribution in [0.15, 0.2) is 36.4 Å². The van der Waals surface area contributed by atoms with Gasteiger partial charge in [0.2, 0.25) is 0 Å². The van der Waals surface area contributed by atoms with Crippen molar-refractivity contribution >= 4 is 17.3 Å². The first-order valence-corrected chi connectivity index (χ1v) is 5.71. The summed E-state index contributed by atoms with van der Waals surface area (Å²) >= 11 is 6.03. The van der Waals surface area contributed by atoms with E-state index in [0.717, 1.165) is 5.56 Å². The van der Waals surface area contributed by atoms with E-state index in [1.165, 1.54) is 0 Å². The van der Waals surface area contributed by atoms with Gasteiger partial charge < -0.3 is 10.5 Å². The number of nitrogens with zero attached hydrogens (tertiary/aromatic N) is 1. The summed E-state index contributed by atoms with van der Waals surface area (Å²) < 4.78 is 5.65. The maximum Gasteiger partial charge on any atom is 0.150 e. The Morgan fingerprint density at radius 2 is 1.94 bits per heavy atom. The molecule has 2 rings (SSSR count). The van der Waals surface area contributed by atoms with Gasteiger partial charge >= 0.3 is 0 Å². The van der Waals surface area contributed by atoms with Gasteiger partial charge in [-0.2, -0.15) is 5.26 Å². The molecule has 0 heterocycles. The van der Waals surface area contributed by atoms with Gasteiger partial charge in [-0.15, -0.1) is 0 Å². The van der Waals surface area contributed by atoms with Gasteiger partial charge in [-0.25, -0.2) is 0 Å². The Balaban J connectivity index is 2.34. The summed E-state index contributed by atoms with van der Waals surface area (Å²) in [6, 6.07) is 12.4. The number of ether oxygens (including phenoxy) is 1. The van der Waals surface area contributed by atoms with Gasteiger partial charge in [0.05, 0.1) is 22.3 Å². The van der Waals surface area contributed by atoms with Crippen molar-refractivity contribution in [3.8, 4) is 17.6 Å². The van der Waals surface area contributed by atoms with Crippen LogP contribution in [0.5, 0.6) is 11.5 Å². The second-order valence-corrected chi connectivity index (χ2v) is 4.31. The number of nitriles is 1. The topological polar surface area (TPSA) is 59.0 Å². The van der Waals surface area contributed by atoms with E-state index in [1.54, 1.807) is 24.3 Å². The van der Waals surface area contributed by atoms with Crippen LogP contribution >= 0.6 is 11.6 Å². The fourth-order valence-corrected chi connectivity index (χ4v) is 1.72. The summed E-state index contributed by atoms with van der Waals surface area (Å²) in [5.74, 6) is 1.04. The van der Waals surface area contributed by atoms with E-state index in [9.17, 15) is 0 Å². The Hall–Kier alpha value is -2.18. The van der Waals surface area contributed by atoms with Crippen molar-refractivity contribution < 1.29 is 4.74 Å². The average Bonchev–Trinajstić information content (AvgIpc) is 2.36. The van der Waals surface area contributed by atoms with Crippen LogP contribution in [0, 0.1) is 18.3 Å². The zero-order valence-corrected chi connectivity index (χ0v) is 10.5. The molecule has 3 nitrogen and oxygen atoms in total. The van der Waals surface area contributed by atoms with Gasteiger partial charge in [0.25, 0.3) is 0 Å². The second kappa shape index (κ2) is 4.99. The third-order valence-electron chi connectivity index (χ3n) is 2.45. The van der Waals surface area contributed by atoms with Crippen LogP contribution < -0.4 is 10.5 Å². The van der Waals surface area contributed by atoms with Crippen LogP contribution in [0.2, 0.25) is 5.02 Å². The highest BCUT2D eigenvalue weighted by Crippen LogP contribution is 2.33. The number of anilines is 1. The molecule has 2 aromatic rings. The Morgan fingerprint density at radius 1 is 1.17 bits per heavy atom. The SMILES string of the molecule is Cc1ccc(N)c(Oc2ccc(C#N)cc2Cl)c1. The summed E-state index contributed by atoms with van der Waals surface area (Å²) in [6.45, 7) is 1.95. The molecule has 0 radical (unpaired) electrons. The Morgan fingerprint density at radius 3 is 2.61 bits per heavy atom. The number of nitrogens with two attached hydrogens (primary N) is 1. The van der Waals surface area contributed by atoms with Crippen molar-refractivity contribution in [2.45, 2.75) is 6.92 Å². The molecule has 0 amide bonds. The maximum absolute atomic E-state index is 8.75. The highest BCUT2D eigenvalue weighted by Gasteiger charge is 2.07. The van der Waals surface area contributed by atoms with E-state index < -0.39 is 0 Å². The molecule has 0 aliphatic heterocycles. The molecule has 0 spiro atoms. The number of hydrogen-bond donors (Lipinski definition) is 1. The predicted molar refractivity (Wildman–Crippen MR) is 71.8 cm³/mol. The van der Waals surface area contributed by atoms with Crippen molar-refractivity contribution in [2.24, 2.45) is 0 Å². The largest absolute Gasteiger partial charge is 0.454 e. The summed E-state index contributed by atoms with van der Waals surface area (Å²) in [5, 5.41) is 9.14. The maximum atomic E-state index is 8.75. The number of nitrogen functional groups attached to an aromatic ring is 1. The highest BCUT2D eigenvalue weighted by molar-refractivity contribution is 6.32. The van der Waals surface area contributed by atoms with Crippen LogP contribution in [-0.4, -0.2) is 0 Å². The molecular formula is C14H11ClN2O. The van der Waals surface area contributed by atoms with E-state index in [0.29, 0.717) is 27.8 Å². The molecule has 0 aliphatic rings. The molecule has 0 saturated carbocycles. The van der Waals surface area contributed by atoms with Gasteiger partial charge in [-0.3, -0.25) is 0 Å². The lowest BCUT2D eigenvalue weighted by Crippen LogP contribution is -1.93. The zero-order chi connectivity index (χ0) is 13.1. The van der Waals surface area contributed by atoms with Crippen LogP contribution in [-0.2, 0) is 0 Å². The molecule has 0 saturated heterocycles. The molecule has 0 aromatic heterocycles. The quantitative estimate of drug-likeness (QED) is 0.831. The first kappa shape index (κ1) is 12.3. The van der Waals surface area contributed by atoms with Crippen molar-refractivity contribution in [1.82, 2.24) is 0 Å². The zero-order valence-electron chi connectivity index (χ0n) is 9.77. The fraction of sp³-hybridized carbons (Fsp3) is 0.0714. The van der Waals surface area contributed by atoms with E-state index in [-0.39, 0.29) is 0 Å². The molecule has 0 bridgehead atoms. The summed E-state index contributed by atoms with van der Waals surface area (Å²) in [7, 11) is 0. The molecule has 0 fully saturated rings. The van der Waals surface area contributed by atoms with E-state index in [2.05, 4.69) is 0 Å². The molecule has 4 heteroatoms. The van der Waals surface area contributed by atoms with Crippen molar-refractivity contribution in [1.29, 1.82) is 5.26 Å². The van der Waals surface area contributed by atoms with Crippen LogP contribution in [0.25, 0.3) is 0 Å². The lowest BCUT2D eigenvalue weighted by molar-refractivity contribution is 0.485. The monoisotopic (exact) mass is 258 g/mol. The van der Waals surface area contributed by atoms with E-state index in [4.69, 9.17) is 27.3 Å². The minimum Gasteiger partial charge on any atom is -0.454 e. The third-order valence-corrected chi connectivity index (χ3v) is 2.75. The van der Waals surface area contributed by atoms with Gasteiger partial charge in [-0.05, 0) is 42.8 Å². The molecule has 18 heavy (non-hydrogen) atoms. The molecule has 0 aliphatic carbocycles. The fourth-order valence-electron chi connectivity index (χ4n) is 1.50. The molecule has 2 aromatic carbocycles. The first-order valence-electron chi connectivity index (χ1n) is 5.34. The molecule has 0 unspecified atom stereocenters. The second-order valence-electron chi connectivity index (χ2n) is 3.90. The van der Waals surface area contributed by atoms with Crippen molar-refractivity contribution in [2.75, 3.05) is 5.73 Å². The summed E-state index contributed by atoms with van der Waals surface area (Å²) in [6.07, 6.45) is 0. The molecule has 2 N–H and O–H groups in total. The minimum absolute atomic E-state index is 0.384. The van der Waals surface area contributed by atoms with E-state index in [1.807, 2.05) is 25.1 Å². The first-order chi connectivity index (χ1) is 8.60. The van der Waals surface area contributed by atoms with Crippen molar-refractivity contribution in [3.63, 3.8) is 0 Å². The molecular weight excluding hydrogens is 248 g/mol. The number of halogens is 1. The normalized spacial score (nSPS) is 9.83. The van der Waals surface area contributed by atoms with Crippen LogP contribution in [0.4, 0.5) is 5.69 Å². The third kappa shape index (κ3) is 2.55. The number of hydrogen-bond acceptors (Lipinski definition) is 3. The van der Waals surface area contributed by atoms with Gasteiger partial charge in [0.1, 0.15) is 5.75 Å². The smallest absolute Gasteiger partial charge is 0.150 e. The standard InChI is InChI=1S/C14H11ClN2O/c1-9-2-4-12(17)14(6-9)18-13-5-3-10(8-16)7-11(13)15/h2-7H,17H2,1H3. The molecule has 0 atom stereocenters. The summed E-state index contributed by atoms with van der Waals surface area (Å²) in [4.78, 5) is 0. The summed E-state index contributed by atoms with van der Waals surface area (Å²) in [5.41, 5.74) is 7.90. The van der Waals surface area contributed by atoms with Gasteiger partial charge in [-0.1, -0.05) is 17.7 Å². The van der Waals surface area contributed by atoms with Crippen molar-refractivity contribution in [3.05, 3.63) is 52.5 Å². The lowest BCUT2D eigenvalue weighted by atomic mass is 10.2. The van der Waals surface area contributed by atoms with E-state index >= 15 is 0 Å². The van der Waals surface area contributed by atoms with Gasteiger partial charge in [0, 0.05) is 0 Å². The average molecular weight is 259 g/mol. The number of rotatable bonds is 2. The number of aryl methyl sites for hydroxylation is 1. The number of benzene rings is 2. The predicted octanol–water partition coefficient (Wildman–Crippen LogP) is 3.89. The van der Waals surface area contributed by atoms with Gasteiger partial charge in [0.15, 0.2) is 5.75 Å². The Kier molecular flexibility index (Phi) is 3.40. The van der Waals surface area contributed by atoms with Crippen LogP contribution in [0.1, 0.15) is 11.1 Å². The molecule has 90 valence electrons.